The number of aliphatic imine (C=N–C) groups is 1. The summed E-state index contributed by atoms with van der Waals surface area (Å²) >= 11 is 0. The van der Waals surface area contributed by atoms with Crippen LogP contribution in [0.25, 0.3) is 0 Å². The fraction of sp³-hybridized carbons (Fsp3) is 0.438. The average Bonchev–Trinajstić information content (AvgIpc) is 2.96. The molecule has 0 saturated carbocycles. The van der Waals surface area contributed by atoms with E-state index in [0.717, 1.165) is 17.1 Å². The molecule has 24 heavy (non-hydrogen) atoms. The molecule has 1 unspecified atom stereocenters. The number of aryl methyl sites for hydroxylation is 2. The number of hydrogen-bond donors (Lipinski definition) is 2. The third-order valence-corrected chi connectivity index (χ3v) is 3.65. The predicted molar refractivity (Wildman–Crippen MR) is 106 cm³/mol. The summed E-state index contributed by atoms with van der Waals surface area (Å²) in [6.45, 7) is 4.69. The summed E-state index contributed by atoms with van der Waals surface area (Å²) in [5.41, 5.74) is 2.28. The molecule has 2 N–H and O–H groups in total. The van der Waals surface area contributed by atoms with Crippen LogP contribution in [0.4, 0.5) is 0 Å². The monoisotopic (exact) mass is 444 g/mol. The van der Waals surface area contributed by atoms with Crippen molar-refractivity contribution in [1.29, 1.82) is 0 Å². The van der Waals surface area contributed by atoms with Gasteiger partial charge in [0, 0.05) is 19.7 Å². The lowest BCUT2D eigenvalue weighted by molar-refractivity contribution is 0.405. The van der Waals surface area contributed by atoms with E-state index < -0.39 is 0 Å². The fourth-order valence-electron chi connectivity index (χ4n) is 2.31. The van der Waals surface area contributed by atoms with Crippen molar-refractivity contribution in [2.45, 2.75) is 26.4 Å². The van der Waals surface area contributed by atoms with E-state index in [-0.39, 0.29) is 30.0 Å². The molecule has 0 saturated heterocycles. The topological polar surface area (TPSA) is 76.4 Å². The molecule has 8 heteroatoms. The Kier molecular flexibility index (Phi) is 7.96. The zero-order chi connectivity index (χ0) is 16.8. The van der Waals surface area contributed by atoms with E-state index in [4.69, 9.17) is 4.74 Å². The molecule has 2 rings (SSSR count). The maximum absolute atomic E-state index is 5.45. The third-order valence-electron chi connectivity index (χ3n) is 3.65. The minimum Gasteiger partial charge on any atom is -0.496 e. The molecular formula is C16H25IN6O. The summed E-state index contributed by atoms with van der Waals surface area (Å²) in [6.07, 6.45) is 1.54. The molecule has 0 fully saturated rings. The van der Waals surface area contributed by atoms with Gasteiger partial charge in [0.05, 0.1) is 19.7 Å². The summed E-state index contributed by atoms with van der Waals surface area (Å²) in [5, 5.41) is 10.7. The third kappa shape index (κ3) is 5.08. The standard InChI is InChI=1S/C16H24N6O.HI/c1-11-6-7-14(23-5)13(8-11)12(2)21-16(17-3)18-9-15-19-10-20-22(15)4;/h6-8,10,12H,9H2,1-5H3,(H2,17,18,21);1H. The Morgan fingerprint density at radius 1 is 1.42 bits per heavy atom. The molecule has 0 amide bonds. The quantitative estimate of drug-likeness (QED) is 0.420. The summed E-state index contributed by atoms with van der Waals surface area (Å²) in [6, 6.07) is 6.19. The molecule has 0 radical (unpaired) electrons. The highest BCUT2D eigenvalue weighted by atomic mass is 127. The van der Waals surface area contributed by atoms with Gasteiger partial charge in [-0.25, -0.2) is 4.98 Å². The number of nitrogens with one attached hydrogen (secondary N) is 2. The molecular weight excluding hydrogens is 419 g/mol. The van der Waals surface area contributed by atoms with Crippen LogP contribution in [-0.2, 0) is 13.6 Å². The number of benzene rings is 1. The van der Waals surface area contributed by atoms with E-state index >= 15 is 0 Å². The van der Waals surface area contributed by atoms with Crippen LogP contribution in [0.2, 0.25) is 0 Å². The molecule has 7 nitrogen and oxygen atoms in total. The first-order valence-corrected chi connectivity index (χ1v) is 7.49. The summed E-state index contributed by atoms with van der Waals surface area (Å²) in [7, 11) is 5.29. The zero-order valence-corrected chi connectivity index (χ0v) is 17.0. The lowest BCUT2D eigenvalue weighted by atomic mass is 10.0. The Bertz CT molecular complexity index is 685. The normalized spacial score (nSPS) is 12.3. The number of ether oxygens (including phenoxy) is 1. The summed E-state index contributed by atoms with van der Waals surface area (Å²) in [4.78, 5) is 8.44. The first-order valence-electron chi connectivity index (χ1n) is 7.49. The smallest absolute Gasteiger partial charge is 0.191 e. The van der Waals surface area contributed by atoms with Gasteiger partial charge in [0.1, 0.15) is 17.9 Å². The highest BCUT2D eigenvalue weighted by Crippen LogP contribution is 2.25. The number of rotatable bonds is 5. The number of nitrogens with zero attached hydrogens (tertiary/aromatic N) is 4. The van der Waals surface area contributed by atoms with Crippen LogP contribution in [0.3, 0.4) is 0 Å². The first kappa shape index (κ1) is 20.2. The van der Waals surface area contributed by atoms with Gasteiger partial charge in [-0.3, -0.25) is 9.67 Å². The second kappa shape index (κ2) is 9.45. The van der Waals surface area contributed by atoms with E-state index in [9.17, 15) is 0 Å². The van der Waals surface area contributed by atoms with E-state index in [1.165, 1.54) is 11.9 Å². The Morgan fingerprint density at radius 2 is 2.17 bits per heavy atom. The molecule has 1 heterocycles. The van der Waals surface area contributed by atoms with Gasteiger partial charge in [-0.15, -0.1) is 24.0 Å². The predicted octanol–water partition coefficient (Wildman–Crippen LogP) is 2.18. The van der Waals surface area contributed by atoms with Crippen molar-refractivity contribution in [2.75, 3.05) is 14.2 Å². The highest BCUT2D eigenvalue weighted by molar-refractivity contribution is 14.0. The van der Waals surface area contributed by atoms with Crippen LogP contribution >= 0.6 is 24.0 Å². The SMILES string of the molecule is CN=C(NCc1ncnn1C)NC(C)c1cc(C)ccc1OC.I. The van der Waals surface area contributed by atoms with Gasteiger partial charge in [0.25, 0.3) is 0 Å². The van der Waals surface area contributed by atoms with Crippen molar-refractivity contribution in [2.24, 2.45) is 12.0 Å². The highest BCUT2D eigenvalue weighted by Gasteiger charge is 2.13. The van der Waals surface area contributed by atoms with Crippen LogP contribution in [0.5, 0.6) is 5.75 Å². The number of hydrogen-bond acceptors (Lipinski definition) is 4. The lowest BCUT2D eigenvalue weighted by Crippen LogP contribution is -2.38. The van der Waals surface area contributed by atoms with Crippen molar-refractivity contribution < 1.29 is 4.74 Å². The molecule has 0 aliphatic carbocycles. The number of halogens is 1. The Hall–Kier alpha value is -1.84. The van der Waals surface area contributed by atoms with Gasteiger partial charge in [-0.05, 0) is 19.9 Å². The first-order chi connectivity index (χ1) is 11.0. The fourth-order valence-corrected chi connectivity index (χ4v) is 2.31. The second-order valence-electron chi connectivity index (χ2n) is 5.34. The molecule has 132 valence electrons. The van der Waals surface area contributed by atoms with Crippen molar-refractivity contribution in [3.8, 4) is 5.75 Å². The van der Waals surface area contributed by atoms with Crippen LogP contribution in [0.15, 0.2) is 29.5 Å². The Labute approximate surface area is 159 Å². The van der Waals surface area contributed by atoms with E-state index in [1.54, 1.807) is 18.8 Å². The average molecular weight is 444 g/mol. The molecule has 0 aliphatic heterocycles. The minimum absolute atomic E-state index is 0. The van der Waals surface area contributed by atoms with Gasteiger partial charge in [-0.1, -0.05) is 17.7 Å². The van der Waals surface area contributed by atoms with Gasteiger partial charge in [0.2, 0.25) is 0 Å². The van der Waals surface area contributed by atoms with Gasteiger partial charge >= 0.3 is 0 Å². The van der Waals surface area contributed by atoms with Crippen LogP contribution in [-0.4, -0.2) is 34.9 Å². The number of guanidine groups is 1. The second-order valence-corrected chi connectivity index (χ2v) is 5.34. The molecule has 0 aliphatic rings. The maximum atomic E-state index is 5.45. The maximum Gasteiger partial charge on any atom is 0.191 e. The van der Waals surface area contributed by atoms with Crippen LogP contribution in [0, 0.1) is 6.92 Å². The summed E-state index contributed by atoms with van der Waals surface area (Å²) < 4.78 is 7.18. The Morgan fingerprint density at radius 3 is 2.75 bits per heavy atom. The lowest BCUT2D eigenvalue weighted by Gasteiger charge is -2.20. The van der Waals surface area contributed by atoms with Crippen molar-refractivity contribution in [3.05, 3.63) is 41.5 Å². The minimum atomic E-state index is 0. The summed E-state index contributed by atoms with van der Waals surface area (Å²) in [5.74, 6) is 2.40. The van der Waals surface area contributed by atoms with Gasteiger partial charge < -0.3 is 15.4 Å². The Balaban J connectivity index is 0.00000288. The van der Waals surface area contributed by atoms with Crippen molar-refractivity contribution in [1.82, 2.24) is 25.4 Å². The van der Waals surface area contributed by atoms with Crippen molar-refractivity contribution >= 4 is 29.9 Å². The molecule has 1 aromatic heterocycles. The molecule has 2 aromatic rings. The van der Waals surface area contributed by atoms with Crippen LogP contribution < -0.4 is 15.4 Å². The van der Waals surface area contributed by atoms with E-state index in [1.807, 2.05) is 19.2 Å². The largest absolute Gasteiger partial charge is 0.496 e. The molecule has 0 bridgehead atoms. The zero-order valence-electron chi connectivity index (χ0n) is 14.7. The molecule has 0 spiro atoms. The van der Waals surface area contributed by atoms with Gasteiger partial charge in [-0.2, -0.15) is 5.10 Å². The molecule has 1 atom stereocenters. The van der Waals surface area contributed by atoms with Crippen molar-refractivity contribution in [3.63, 3.8) is 0 Å². The van der Waals surface area contributed by atoms with E-state index in [0.29, 0.717) is 12.5 Å². The van der Waals surface area contributed by atoms with E-state index in [2.05, 4.69) is 45.6 Å². The van der Waals surface area contributed by atoms with Gasteiger partial charge in [0.15, 0.2) is 5.96 Å². The number of methoxy groups -OCH3 is 1. The van der Waals surface area contributed by atoms with Crippen LogP contribution in [0.1, 0.15) is 29.9 Å². The number of aromatic nitrogens is 3. The molecule has 1 aromatic carbocycles.